The third-order valence-electron chi connectivity index (χ3n) is 4.95. The van der Waals surface area contributed by atoms with Crippen molar-refractivity contribution in [2.45, 2.75) is 65.3 Å². The molecule has 0 aromatic rings. The van der Waals surface area contributed by atoms with Gasteiger partial charge in [-0.15, -0.1) is 0 Å². The molecule has 0 saturated heterocycles. The number of carboxylic acid groups (broad SMARTS) is 1. The minimum absolute atomic E-state index is 0.169. The van der Waals surface area contributed by atoms with E-state index < -0.39 is 11.4 Å². The van der Waals surface area contributed by atoms with Crippen molar-refractivity contribution in [1.82, 2.24) is 10.2 Å². The first-order chi connectivity index (χ1) is 9.82. The van der Waals surface area contributed by atoms with Gasteiger partial charge in [-0.2, -0.15) is 0 Å². The first kappa shape index (κ1) is 17.8. The molecule has 0 aliphatic heterocycles. The highest BCUT2D eigenvalue weighted by Gasteiger charge is 2.41. The Balaban J connectivity index is 2.58. The zero-order chi connectivity index (χ0) is 16.0. The molecule has 2 N–H and O–H groups in total. The Hall–Kier alpha value is -1.26. The maximum atomic E-state index is 12.2. The van der Waals surface area contributed by atoms with Crippen LogP contribution in [-0.4, -0.2) is 41.6 Å². The van der Waals surface area contributed by atoms with Crippen LogP contribution in [0.25, 0.3) is 0 Å². The molecule has 1 aliphatic rings. The van der Waals surface area contributed by atoms with Gasteiger partial charge in [0.05, 0.1) is 5.41 Å². The fourth-order valence-corrected chi connectivity index (χ4v) is 2.96. The van der Waals surface area contributed by atoms with E-state index in [4.69, 9.17) is 0 Å². The lowest BCUT2D eigenvalue weighted by molar-refractivity contribution is -0.151. The topological polar surface area (TPSA) is 69.6 Å². The average Bonchev–Trinajstić information content (AvgIpc) is 2.45. The zero-order valence-corrected chi connectivity index (χ0v) is 13.8. The standard InChI is InChI=1S/C16H30N2O3/c1-5-6-13(3)18(4)15(21)17-11-16(14(19)20)9-7-12(2)8-10-16/h12-13H,5-11H2,1-4H3,(H,17,21)(H,19,20). The number of carbonyl (C=O) groups is 2. The molecule has 1 fully saturated rings. The van der Waals surface area contributed by atoms with Gasteiger partial charge in [0.1, 0.15) is 0 Å². The third kappa shape index (κ3) is 4.61. The second-order valence-corrected chi connectivity index (χ2v) is 6.68. The Morgan fingerprint density at radius 2 is 1.95 bits per heavy atom. The van der Waals surface area contributed by atoms with Crippen LogP contribution < -0.4 is 5.32 Å². The Kier molecular flexibility index (Phi) is 6.49. The molecule has 0 bridgehead atoms. The maximum Gasteiger partial charge on any atom is 0.317 e. The van der Waals surface area contributed by atoms with Crippen molar-refractivity contribution in [1.29, 1.82) is 0 Å². The number of hydrogen-bond donors (Lipinski definition) is 2. The number of carbonyl (C=O) groups excluding carboxylic acids is 1. The van der Waals surface area contributed by atoms with Crippen LogP contribution in [0.15, 0.2) is 0 Å². The van der Waals surface area contributed by atoms with Crippen molar-refractivity contribution < 1.29 is 14.7 Å². The van der Waals surface area contributed by atoms with E-state index in [-0.39, 0.29) is 18.6 Å². The van der Waals surface area contributed by atoms with E-state index >= 15 is 0 Å². The molecule has 0 aromatic carbocycles. The predicted molar refractivity (Wildman–Crippen MR) is 83.2 cm³/mol. The fraction of sp³-hybridized carbons (Fsp3) is 0.875. The molecular formula is C16H30N2O3. The number of nitrogens with one attached hydrogen (secondary N) is 1. The van der Waals surface area contributed by atoms with E-state index in [1.165, 1.54) is 0 Å². The lowest BCUT2D eigenvalue weighted by Gasteiger charge is -2.36. The van der Waals surface area contributed by atoms with Crippen LogP contribution in [0.3, 0.4) is 0 Å². The quantitative estimate of drug-likeness (QED) is 0.791. The van der Waals surface area contributed by atoms with Gasteiger partial charge in [-0.3, -0.25) is 4.79 Å². The van der Waals surface area contributed by atoms with Crippen molar-refractivity contribution in [2.75, 3.05) is 13.6 Å². The summed E-state index contributed by atoms with van der Waals surface area (Å²) in [7, 11) is 1.77. The molecule has 2 amide bonds. The Bertz CT molecular complexity index is 363. The Morgan fingerprint density at radius 3 is 2.43 bits per heavy atom. The van der Waals surface area contributed by atoms with E-state index in [0.29, 0.717) is 18.8 Å². The Labute approximate surface area is 128 Å². The average molecular weight is 298 g/mol. The molecule has 0 spiro atoms. The molecule has 5 nitrogen and oxygen atoms in total. The highest BCUT2D eigenvalue weighted by atomic mass is 16.4. The van der Waals surface area contributed by atoms with Crippen molar-refractivity contribution in [3.8, 4) is 0 Å². The lowest BCUT2D eigenvalue weighted by atomic mass is 9.71. The van der Waals surface area contributed by atoms with E-state index in [2.05, 4.69) is 19.2 Å². The second kappa shape index (κ2) is 7.66. The summed E-state index contributed by atoms with van der Waals surface area (Å²) in [6, 6.07) is -0.00245. The minimum Gasteiger partial charge on any atom is -0.481 e. The molecule has 21 heavy (non-hydrogen) atoms. The number of hydrogen-bond acceptors (Lipinski definition) is 2. The molecule has 5 heteroatoms. The number of amides is 2. The van der Waals surface area contributed by atoms with Crippen LogP contribution in [0.2, 0.25) is 0 Å². The highest BCUT2D eigenvalue weighted by Crippen LogP contribution is 2.38. The molecule has 1 saturated carbocycles. The van der Waals surface area contributed by atoms with E-state index in [0.717, 1.165) is 25.7 Å². The maximum absolute atomic E-state index is 12.2. The first-order valence-corrected chi connectivity index (χ1v) is 8.06. The van der Waals surface area contributed by atoms with E-state index in [1.54, 1.807) is 11.9 Å². The lowest BCUT2D eigenvalue weighted by Crippen LogP contribution is -2.49. The summed E-state index contributed by atoms with van der Waals surface area (Å²) in [6.07, 6.45) is 5.12. The van der Waals surface area contributed by atoms with Crippen molar-refractivity contribution in [2.24, 2.45) is 11.3 Å². The summed E-state index contributed by atoms with van der Waals surface area (Å²) in [6.45, 7) is 6.49. The van der Waals surface area contributed by atoms with Gasteiger partial charge in [-0.05, 0) is 44.9 Å². The fourth-order valence-electron chi connectivity index (χ4n) is 2.96. The summed E-state index contributed by atoms with van der Waals surface area (Å²) < 4.78 is 0. The van der Waals surface area contributed by atoms with Gasteiger partial charge in [-0.1, -0.05) is 20.3 Å². The van der Waals surface area contributed by atoms with Gasteiger partial charge in [0.15, 0.2) is 0 Å². The summed E-state index contributed by atoms with van der Waals surface area (Å²) >= 11 is 0. The van der Waals surface area contributed by atoms with Crippen LogP contribution >= 0.6 is 0 Å². The molecule has 1 unspecified atom stereocenters. The normalized spacial score (nSPS) is 27.0. The minimum atomic E-state index is -0.781. The number of nitrogens with zero attached hydrogens (tertiary/aromatic N) is 1. The van der Waals surface area contributed by atoms with Gasteiger partial charge in [0.2, 0.25) is 0 Å². The largest absolute Gasteiger partial charge is 0.481 e. The molecule has 1 aliphatic carbocycles. The number of aliphatic carboxylic acids is 1. The van der Waals surface area contributed by atoms with Crippen LogP contribution in [0.4, 0.5) is 4.79 Å². The van der Waals surface area contributed by atoms with Gasteiger partial charge in [-0.25, -0.2) is 4.79 Å². The molecule has 0 aromatic heterocycles. The summed E-state index contributed by atoms with van der Waals surface area (Å²) in [5.41, 5.74) is -0.781. The smallest absolute Gasteiger partial charge is 0.317 e. The van der Waals surface area contributed by atoms with Crippen LogP contribution in [-0.2, 0) is 4.79 Å². The van der Waals surface area contributed by atoms with Crippen molar-refractivity contribution in [3.63, 3.8) is 0 Å². The zero-order valence-electron chi connectivity index (χ0n) is 13.8. The summed E-state index contributed by atoms with van der Waals surface area (Å²) in [4.78, 5) is 25.5. The SMILES string of the molecule is CCCC(C)N(C)C(=O)NCC1(C(=O)O)CCC(C)CC1. The number of rotatable bonds is 6. The van der Waals surface area contributed by atoms with E-state index in [9.17, 15) is 14.7 Å². The van der Waals surface area contributed by atoms with Gasteiger partial charge < -0.3 is 15.3 Å². The van der Waals surface area contributed by atoms with Gasteiger partial charge in [0.25, 0.3) is 0 Å². The molecule has 122 valence electrons. The van der Waals surface area contributed by atoms with Crippen molar-refractivity contribution >= 4 is 12.0 Å². The first-order valence-electron chi connectivity index (χ1n) is 8.06. The molecular weight excluding hydrogens is 268 g/mol. The molecule has 1 rings (SSSR count). The third-order valence-corrected chi connectivity index (χ3v) is 4.95. The summed E-state index contributed by atoms with van der Waals surface area (Å²) in [5, 5.41) is 12.4. The van der Waals surface area contributed by atoms with Gasteiger partial charge >= 0.3 is 12.0 Å². The van der Waals surface area contributed by atoms with E-state index in [1.807, 2.05) is 6.92 Å². The molecule has 0 heterocycles. The van der Waals surface area contributed by atoms with Crippen LogP contribution in [0, 0.1) is 11.3 Å². The highest BCUT2D eigenvalue weighted by molar-refractivity contribution is 5.78. The Morgan fingerprint density at radius 1 is 1.38 bits per heavy atom. The number of carboxylic acids is 1. The number of urea groups is 1. The predicted octanol–water partition coefficient (Wildman–Crippen LogP) is 3.10. The second-order valence-electron chi connectivity index (χ2n) is 6.68. The van der Waals surface area contributed by atoms with Gasteiger partial charge in [0, 0.05) is 19.6 Å². The van der Waals surface area contributed by atoms with Crippen molar-refractivity contribution in [3.05, 3.63) is 0 Å². The molecule has 1 atom stereocenters. The summed E-state index contributed by atoms with van der Waals surface area (Å²) in [5.74, 6) is -0.195. The molecule has 0 radical (unpaired) electrons. The monoisotopic (exact) mass is 298 g/mol. The van der Waals surface area contributed by atoms with Crippen LogP contribution in [0.1, 0.15) is 59.3 Å². The van der Waals surface area contributed by atoms with Crippen LogP contribution in [0.5, 0.6) is 0 Å².